The average Bonchev–Trinajstić information content (AvgIpc) is 3.66. The third-order valence-corrected chi connectivity index (χ3v) is 8.62. The smallest absolute Gasteiger partial charge is 0.120 e. The van der Waals surface area contributed by atoms with Gasteiger partial charge in [0.15, 0.2) is 0 Å². The van der Waals surface area contributed by atoms with E-state index in [2.05, 4.69) is 46.4 Å². The van der Waals surface area contributed by atoms with E-state index in [1.807, 2.05) is 86.0 Å². The lowest BCUT2D eigenvalue weighted by Gasteiger charge is -2.15. The minimum absolute atomic E-state index is 0.486. The van der Waals surface area contributed by atoms with E-state index in [4.69, 9.17) is 32.7 Å². The molecule has 0 unspecified atom stereocenters. The van der Waals surface area contributed by atoms with Crippen LogP contribution in [0.25, 0.3) is 44.1 Å². The van der Waals surface area contributed by atoms with Gasteiger partial charge in [-0.25, -0.2) is 0 Å². The van der Waals surface area contributed by atoms with Crippen molar-refractivity contribution in [1.29, 1.82) is 0 Å². The van der Waals surface area contributed by atoms with Crippen LogP contribution < -0.4 is 9.47 Å². The summed E-state index contributed by atoms with van der Waals surface area (Å²) >= 11 is 14.2. The standard InChI is InChI=1S/C37H28Cl2N2O2/c1-23-16-30(31-19-40-33-14-12-26(17-28(31)33)42-21-24-8-4-2-5-9-24)37(39)35(36(23)38)32-20-41-34-15-13-27(18-29(32)34)43-22-25-10-6-3-7-11-25/h2-20,40-41H,21-22H2,1H3. The third-order valence-electron chi connectivity index (χ3n) is 7.75. The number of benzene rings is 5. The third kappa shape index (κ3) is 5.36. The first-order valence-electron chi connectivity index (χ1n) is 14.1. The molecule has 0 radical (unpaired) electrons. The van der Waals surface area contributed by atoms with Gasteiger partial charge in [-0.15, -0.1) is 0 Å². The van der Waals surface area contributed by atoms with Crippen molar-refractivity contribution >= 4 is 45.0 Å². The molecule has 5 aromatic carbocycles. The number of aromatic amines is 2. The molecule has 0 spiro atoms. The molecule has 212 valence electrons. The second-order valence-electron chi connectivity index (χ2n) is 10.6. The molecule has 2 heterocycles. The Morgan fingerprint density at radius 1 is 0.558 bits per heavy atom. The Hall–Kier alpha value is -4.64. The van der Waals surface area contributed by atoms with Gasteiger partial charge in [-0.05, 0) is 66.1 Å². The topological polar surface area (TPSA) is 50.0 Å². The summed E-state index contributed by atoms with van der Waals surface area (Å²) in [5, 5.41) is 3.22. The SMILES string of the molecule is Cc1cc(-c2c[nH]c3ccc(OCc4ccccc4)cc23)c(Cl)c(-c2c[nH]c3ccc(OCc4ccccc4)cc23)c1Cl. The van der Waals surface area contributed by atoms with Gasteiger partial charge in [0.25, 0.3) is 0 Å². The van der Waals surface area contributed by atoms with Crippen LogP contribution in [0, 0.1) is 6.92 Å². The summed E-state index contributed by atoms with van der Waals surface area (Å²) in [6.45, 7) is 2.99. The maximum Gasteiger partial charge on any atom is 0.120 e. The van der Waals surface area contributed by atoms with Crippen LogP contribution in [0.15, 0.2) is 116 Å². The zero-order valence-corrected chi connectivity index (χ0v) is 25.0. The van der Waals surface area contributed by atoms with E-state index in [9.17, 15) is 0 Å². The second-order valence-corrected chi connectivity index (χ2v) is 11.4. The van der Waals surface area contributed by atoms with Gasteiger partial charge < -0.3 is 19.4 Å². The van der Waals surface area contributed by atoms with E-state index < -0.39 is 0 Å². The van der Waals surface area contributed by atoms with Gasteiger partial charge in [-0.2, -0.15) is 0 Å². The van der Waals surface area contributed by atoms with Crippen LogP contribution in [0.2, 0.25) is 10.0 Å². The van der Waals surface area contributed by atoms with E-state index in [1.165, 1.54) is 0 Å². The van der Waals surface area contributed by atoms with Gasteiger partial charge in [-0.3, -0.25) is 0 Å². The predicted octanol–water partition coefficient (Wildman–Crippen LogP) is 10.8. The molecule has 0 aliphatic heterocycles. The molecule has 2 N–H and O–H groups in total. The maximum absolute atomic E-state index is 7.26. The fourth-order valence-electron chi connectivity index (χ4n) is 5.49. The number of rotatable bonds is 8. The van der Waals surface area contributed by atoms with Gasteiger partial charge in [0.05, 0.1) is 10.0 Å². The zero-order valence-electron chi connectivity index (χ0n) is 23.5. The maximum atomic E-state index is 7.26. The summed E-state index contributed by atoms with van der Waals surface area (Å²) in [5.74, 6) is 1.57. The van der Waals surface area contributed by atoms with E-state index >= 15 is 0 Å². The molecule has 7 aromatic rings. The molecule has 43 heavy (non-hydrogen) atoms. The highest BCUT2D eigenvalue weighted by molar-refractivity contribution is 6.42. The summed E-state index contributed by atoms with van der Waals surface area (Å²) in [6.07, 6.45) is 3.96. The van der Waals surface area contributed by atoms with Gasteiger partial charge in [0.1, 0.15) is 24.7 Å². The quantitative estimate of drug-likeness (QED) is 0.182. The second kappa shape index (κ2) is 11.6. The van der Waals surface area contributed by atoms with Crippen molar-refractivity contribution in [2.45, 2.75) is 20.1 Å². The summed E-state index contributed by atoms with van der Waals surface area (Å²) < 4.78 is 12.3. The molecular formula is C37H28Cl2N2O2. The van der Waals surface area contributed by atoms with Gasteiger partial charge in [-0.1, -0.05) is 83.9 Å². The average molecular weight is 604 g/mol. The molecule has 4 nitrogen and oxygen atoms in total. The van der Waals surface area contributed by atoms with Gasteiger partial charge >= 0.3 is 0 Å². The molecule has 0 saturated heterocycles. The summed E-state index contributed by atoms with van der Waals surface area (Å²) in [4.78, 5) is 6.78. The van der Waals surface area contributed by atoms with Crippen LogP contribution in [0.5, 0.6) is 11.5 Å². The molecule has 0 aliphatic carbocycles. The Labute approximate surface area is 259 Å². The number of hydrogen-bond acceptors (Lipinski definition) is 2. The number of H-pyrrole nitrogens is 2. The molecule has 0 saturated carbocycles. The molecule has 6 heteroatoms. The molecule has 0 amide bonds. The van der Waals surface area contributed by atoms with Crippen molar-refractivity contribution < 1.29 is 9.47 Å². The largest absolute Gasteiger partial charge is 0.489 e. The Balaban J connectivity index is 1.26. The lowest BCUT2D eigenvalue weighted by molar-refractivity contribution is 0.306. The van der Waals surface area contributed by atoms with Crippen LogP contribution in [0.3, 0.4) is 0 Å². The fraction of sp³-hybridized carbons (Fsp3) is 0.0811. The number of fused-ring (bicyclic) bond motifs is 2. The van der Waals surface area contributed by atoms with E-state index in [1.54, 1.807) is 0 Å². The molecule has 0 atom stereocenters. The van der Waals surface area contributed by atoms with Crippen LogP contribution in [0.4, 0.5) is 0 Å². The molecular weight excluding hydrogens is 575 g/mol. The van der Waals surface area contributed by atoms with Crippen LogP contribution >= 0.6 is 23.2 Å². The highest BCUT2D eigenvalue weighted by Gasteiger charge is 2.21. The number of aryl methyl sites for hydroxylation is 1. The highest BCUT2D eigenvalue weighted by Crippen LogP contribution is 2.47. The van der Waals surface area contributed by atoms with Gasteiger partial charge in [0.2, 0.25) is 0 Å². The normalized spacial score (nSPS) is 11.3. The Morgan fingerprint density at radius 2 is 1.07 bits per heavy atom. The molecule has 0 bridgehead atoms. The molecule has 0 aliphatic rings. The van der Waals surface area contributed by atoms with Crippen molar-refractivity contribution in [2.75, 3.05) is 0 Å². The van der Waals surface area contributed by atoms with E-state index in [0.29, 0.717) is 23.3 Å². The van der Waals surface area contributed by atoms with Crippen molar-refractivity contribution in [3.63, 3.8) is 0 Å². The Bertz CT molecular complexity index is 2060. The highest BCUT2D eigenvalue weighted by atomic mass is 35.5. The number of halogens is 2. The minimum atomic E-state index is 0.486. The number of hydrogen-bond donors (Lipinski definition) is 2. The van der Waals surface area contributed by atoms with E-state index in [0.717, 1.165) is 72.2 Å². The first-order valence-corrected chi connectivity index (χ1v) is 14.9. The Kier molecular flexibility index (Phi) is 7.32. The summed E-state index contributed by atoms with van der Waals surface area (Å²) in [7, 11) is 0. The Morgan fingerprint density at radius 3 is 1.63 bits per heavy atom. The monoisotopic (exact) mass is 602 g/mol. The lowest BCUT2D eigenvalue weighted by Crippen LogP contribution is -1.95. The zero-order chi connectivity index (χ0) is 29.3. The fourth-order valence-corrected chi connectivity index (χ4v) is 6.15. The summed E-state index contributed by atoms with van der Waals surface area (Å²) in [6, 6.07) is 34.4. The first kappa shape index (κ1) is 27.2. The van der Waals surface area contributed by atoms with Crippen molar-refractivity contribution in [1.82, 2.24) is 9.97 Å². The number of ether oxygens (including phenoxy) is 2. The summed E-state index contributed by atoms with van der Waals surface area (Å²) in [5.41, 5.74) is 8.73. The van der Waals surface area contributed by atoms with E-state index in [-0.39, 0.29) is 0 Å². The molecule has 0 fully saturated rings. The van der Waals surface area contributed by atoms with Crippen LogP contribution in [-0.4, -0.2) is 9.97 Å². The lowest BCUT2D eigenvalue weighted by atomic mass is 9.95. The molecule has 7 rings (SSSR count). The molecule has 2 aromatic heterocycles. The van der Waals surface area contributed by atoms with Crippen molar-refractivity contribution in [2.24, 2.45) is 0 Å². The minimum Gasteiger partial charge on any atom is -0.489 e. The van der Waals surface area contributed by atoms with Gasteiger partial charge in [0, 0.05) is 56.5 Å². The van der Waals surface area contributed by atoms with Crippen LogP contribution in [-0.2, 0) is 13.2 Å². The van der Waals surface area contributed by atoms with Crippen molar-refractivity contribution in [3.05, 3.63) is 142 Å². The van der Waals surface area contributed by atoms with Crippen LogP contribution in [0.1, 0.15) is 16.7 Å². The van der Waals surface area contributed by atoms with Crippen molar-refractivity contribution in [3.8, 4) is 33.8 Å². The number of nitrogens with one attached hydrogen (secondary N) is 2. The number of aromatic nitrogens is 2. The predicted molar refractivity (Wildman–Crippen MR) is 177 cm³/mol. The first-order chi connectivity index (χ1) is 21.0.